The number of aromatic hydroxyl groups is 1. The first-order valence-corrected chi connectivity index (χ1v) is 10.6. The van der Waals surface area contributed by atoms with E-state index in [1.165, 1.54) is 23.2 Å². The summed E-state index contributed by atoms with van der Waals surface area (Å²) in [5.41, 5.74) is 4.37. The number of phenols is 1. The van der Waals surface area contributed by atoms with Crippen molar-refractivity contribution in [3.63, 3.8) is 0 Å². The van der Waals surface area contributed by atoms with E-state index in [4.69, 9.17) is 0 Å². The van der Waals surface area contributed by atoms with E-state index in [0.29, 0.717) is 17.0 Å². The summed E-state index contributed by atoms with van der Waals surface area (Å²) in [5.74, 6) is -2.01. The van der Waals surface area contributed by atoms with Crippen LogP contribution in [0, 0.1) is 13.8 Å². The van der Waals surface area contributed by atoms with Gasteiger partial charge in [-0.3, -0.25) is 10.2 Å². The number of aliphatic hydroxyl groups is 1. The van der Waals surface area contributed by atoms with Crippen molar-refractivity contribution in [2.45, 2.75) is 32.7 Å². The molecular weight excluding hydrogens is 436 g/mol. The molecule has 0 radical (unpaired) electrons. The van der Waals surface area contributed by atoms with E-state index < -0.39 is 17.4 Å². The Morgan fingerprint density at radius 3 is 2.53 bits per heavy atom. The summed E-state index contributed by atoms with van der Waals surface area (Å²) < 4.78 is 0. The van der Waals surface area contributed by atoms with Gasteiger partial charge in [0, 0.05) is 17.6 Å². The van der Waals surface area contributed by atoms with Gasteiger partial charge in [0.15, 0.2) is 11.3 Å². The second-order valence-electron chi connectivity index (χ2n) is 8.31. The minimum Gasteiger partial charge on any atom is -0.508 e. The highest BCUT2D eigenvalue weighted by molar-refractivity contribution is 6.71. The molecule has 1 heterocycles. The molecule has 0 saturated carbocycles. The molecule has 4 rings (SSSR count). The smallest absolute Gasteiger partial charge is 0.335 e. The van der Waals surface area contributed by atoms with E-state index in [1.807, 2.05) is 26.0 Å². The highest BCUT2D eigenvalue weighted by Gasteiger charge is 2.41. The maximum atomic E-state index is 13.0. The van der Waals surface area contributed by atoms with Gasteiger partial charge in [-0.2, -0.15) is 15.2 Å². The number of carboxylic acid groups (broad SMARTS) is 1. The number of hydrogen-bond acceptors (Lipinski definition) is 7. The lowest BCUT2D eigenvalue weighted by Crippen LogP contribution is -2.50. The quantitative estimate of drug-likeness (QED) is 0.505. The van der Waals surface area contributed by atoms with Crippen molar-refractivity contribution in [2.24, 2.45) is 10.2 Å². The van der Waals surface area contributed by atoms with Gasteiger partial charge in [-0.1, -0.05) is 24.3 Å². The molecule has 2 aromatic carbocycles. The van der Waals surface area contributed by atoms with E-state index in [0.717, 1.165) is 11.1 Å². The summed E-state index contributed by atoms with van der Waals surface area (Å²) in [6.07, 6.45) is 2.29. The zero-order valence-electron chi connectivity index (χ0n) is 18.9. The number of carbonyl (C=O) groups is 2. The van der Waals surface area contributed by atoms with Gasteiger partial charge >= 0.3 is 11.9 Å². The molecule has 0 aromatic heterocycles. The molecule has 1 aliphatic heterocycles. The first-order chi connectivity index (χ1) is 16.1. The van der Waals surface area contributed by atoms with Gasteiger partial charge < -0.3 is 15.3 Å². The molecule has 2 aliphatic rings. The van der Waals surface area contributed by atoms with Crippen LogP contribution in [0.1, 0.15) is 30.0 Å². The summed E-state index contributed by atoms with van der Waals surface area (Å²) >= 11 is 0. The molecule has 0 bridgehead atoms. The average Bonchev–Trinajstić information content (AvgIpc) is 3.09. The van der Waals surface area contributed by atoms with Gasteiger partial charge in [0.05, 0.1) is 11.4 Å². The number of phenolic OH excluding ortho intramolecular Hbond substituents is 1. The standard InChI is InChI=1S/C25H24N4O5/c1-14-8-9-17(12-15(14)2)29-23(32)22(16(3)27-29)26-28-25(24(33)34)11-10-21(31)19(13-25)18-6-4-5-7-20(18)30/h4-12,28,30-31H,13H2,1-3H3,(H,33,34). The number of carboxylic acids is 1. The number of anilines is 1. The van der Waals surface area contributed by atoms with E-state index in [1.54, 1.807) is 31.2 Å². The summed E-state index contributed by atoms with van der Waals surface area (Å²) in [6.45, 7) is 5.52. The van der Waals surface area contributed by atoms with Crippen LogP contribution in [-0.2, 0) is 9.59 Å². The normalized spacial score (nSPS) is 21.3. The molecule has 174 valence electrons. The third kappa shape index (κ3) is 3.92. The fraction of sp³-hybridized carbons (Fsp3) is 0.200. The van der Waals surface area contributed by atoms with Crippen molar-refractivity contribution in [3.8, 4) is 5.75 Å². The van der Waals surface area contributed by atoms with Crippen LogP contribution in [0.4, 0.5) is 5.69 Å². The number of amides is 1. The minimum atomic E-state index is -1.76. The van der Waals surface area contributed by atoms with Crippen LogP contribution in [0.15, 0.2) is 70.6 Å². The molecular formula is C25H24N4O5. The zero-order valence-corrected chi connectivity index (χ0v) is 18.9. The van der Waals surface area contributed by atoms with Crippen LogP contribution < -0.4 is 10.4 Å². The lowest BCUT2D eigenvalue weighted by molar-refractivity contribution is -0.142. The SMILES string of the molecule is CC1=NN(c2ccc(C)c(C)c2)C(=O)C1=NNC1(C(=O)O)C=CC(O)=C(c2ccccc2O)C1. The zero-order chi connectivity index (χ0) is 24.6. The van der Waals surface area contributed by atoms with E-state index >= 15 is 0 Å². The molecule has 1 atom stereocenters. The van der Waals surface area contributed by atoms with Crippen LogP contribution in [0.3, 0.4) is 0 Å². The molecule has 34 heavy (non-hydrogen) atoms. The molecule has 1 aliphatic carbocycles. The van der Waals surface area contributed by atoms with Gasteiger partial charge in [0.1, 0.15) is 11.5 Å². The lowest BCUT2D eigenvalue weighted by atomic mass is 9.83. The van der Waals surface area contributed by atoms with Crippen LogP contribution in [-0.4, -0.2) is 44.2 Å². The van der Waals surface area contributed by atoms with Crippen LogP contribution in [0.5, 0.6) is 5.75 Å². The number of allylic oxidation sites excluding steroid dienone is 1. The van der Waals surface area contributed by atoms with Crippen LogP contribution >= 0.6 is 0 Å². The summed E-state index contributed by atoms with van der Waals surface area (Å²) in [6, 6.07) is 11.8. The maximum absolute atomic E-state index is 13.0. The summed E-state index contributed by atoms with van der Waals surface area (Å²) in [5, 5.41) is 40.3. The number of hydrogen-bond donors (Lipinski definition) is 4. The molecule has 0 spiro atoms. The van der Waals surface area contributed by atoms with E-state index in [9.17, 15) is 24.9 Å². The lowest BCUT2D eigenvalue weighted by Gasteiger charge is -2.30. The van der Waals surface area contributed by atoms with E-state index in [-0.39, 0.29) is 29.2 Å². The molecule has 4 N–H and O–H groups in total. The predicted octanol–water partition coefficient (Wildman–Crippen LogP) is 3.43. The van der Waals surface area contributed by atoms with Gasteiger partial charge in [-0.15, -0.1) is 0 Å². The minimum absolute atomic E-state index is 0.0184. The number of benzene rings is 2. The Kier molecular flexibility index (Phi) is 5.70. The highest BCUT2D eigenvalue weighted by atomic mass is 16.4. The number of carbonyl (C=O) groups excluding carboxylic acids is 1. The number of aryl methyl sites for hydroxylation is 2. The van der Waals surface area contributed by atoms with Crippen molar-refractivity contribution < 1.29 is 24.9 Å². The second kappa shape index (κ2) is 8.51. The Labute approximate surface area is 196 Å². The third-order valence-electron chi connectivity index (χ3n) is 5.99. The number of aliphatic carboxylic acids is 1. The molecule has 9 heteroatoms. The Morgan fingerprint density at radius 2 is 1.85 bits per heavy atom. The average molecular weight is 460 g/mol. The van der Waals surface area contributed by atoms with Crippen LogP contribution in [0.2, 0.25) is 0 Å². The van der Waals surface area contributed by atoms with Gasteiger partial charge in [-0.05, 0) is 62.2 Å². The van der Waals surface area contributed by atoms with E-state index in [2.05, 4.69) is 15.6 Å². The molecule has 0 fully saturated rings. The number of nitrogens with one attached hydrogen (secondary N) is 1. The van der Waals surface area contributed by atoms with Gasteiger partial charge in [0.25, 0.3) is 0 Å². The van der Waals surface area contributed by atoms with Crippen molar-refractivity contribution >= 4 is 34.6 Å². The monoisotopic (exact) mass is 460 g/mol. The Balaban J connectivity index is 1.64. The third-order valence-corrected chi connectivity index (χ3v) is 5.99. The Bertz CT molecular complexity index is 1320. The predicted molar refractivity (Wildman–Crippen MR) is 129 cm³/mol. The van der Waals surface area contributed by atoms with Gasteiger partial charge in [-0.25, -0.2) is 4.79 Å². The Morgan fingerprint density at radius 1 is 1.12 bits per heavy atom. The number of rotatable bonds is 5. The number of para-hydroxylation sites is 1. The Hall–Kier alpha value is -4.40. The van der Waals surface area contributed by atoms with Crippen molar-refractivity contribution in [3.05, 3.63) is 77.1 Å². The van der Waals surface area contributed by atoms with Crippen molar-refractivity contribution in [2.75, 3.05) is 5.01 Å². The first-order valence-electron chi connectivity index (χ1n) is 10.6. The molecule has 1 amide bonds. The second-order valence-corrected chi connectivity index (χ2v) is 8.31. The van der Waals surface area contributed by atoms with Crippen LogP contribution in [0.25, 0.3) is 5.57 Å². The fourth-order valence-corrected chi connectivity index (χ4v) is 3.80. The number of nitrogens with zero attached hydrogens (tertiary/aromatic N) is 3. The summed E-state index contributed by atoms with van der Waals surface area (Å²) in [4.78, 5) is 25.3. The topological polar surface area (TPSA) is 135 Å². The largest absolute Gasteiger partial charge is 0.508 e. The summed E-state index contributed by atoms with van der Waals surface area (Å²) in [7, 11) is 0. The highest BCUT2D eigenvalue weighted by Crippen LogP contribution is 2.37. The molecule has 0 saturated heterocycles. The van der Waals surface area contributed by atoms with Crippen molar-refractivity contribution in [1.29, 1.82) is 0 Å². The molecule has 9 nitrogen and oxygen atoms in total. The number of aliphatic hydroxyl groups excluding tert-OH is 1. The number of hydrazone groups is 2. The molecule has 2 aromatic rings. The van der Waals surface area contributed by atoms with Crippen molar-refractivity contribution in [1.82, 2.24) is 5.43 Å². The maximum Gasteiger partial charge on any atom is 0.335 e. The molecule has 1 unspecified atom stereocenters. The first kappa shape index (κ1) is 22.8. The fourth-order valence-electron chi connectivity index (χ4n) is 3.80. The van der Waals surface area contributed by atoms with Gasteiger partial charge in [0.2, 0.25) is 0 Å².